The Morgan fingerprint density at radius 1 is 1.17 bits per heavy atom. The van der Waals surface area contributed by atoms with Gasteiger partial charge in [-0.15, -0.1) is 0 Å². The Bertz CT molecular complexity index is 195. The van der Waals surface area contributed by atoms with Crippen LogP contribution in [0.25, 0.3) is 0 Å². The Morgan fingerprint density at radius 3 is 2.42 bits per heavy atom. The van der Waals surface area contributed by atoms with Gasteiger partial charge in [0.05, 0.1) is 0 Å². The van der Waals surface area contributed by atoms with Crippen molar-refractivity contribution in [3.05, 3.63) is 0 Å². The molecule has 0 spiro atoms. The second-order valence-corrected chi connectivity index (χ2v) is 5.84. The molecule has 68 valence electrons. The van der Waals surface area contributed by atoms with E-state index in [1.165, 1.54) is 18.2 Å². The topological polar surface area (TPSA) is 0 Å². The van der Waals surface area contributed by atoms with Crippen molar-refractivity contribution in [2.45, 2.75) is 38.5 Å². The van der Waals surface area contributed by atoms with Crippen LogP contribution in [0, 0.1) is 23.2 Å². The van der Waals surface area contributed by atoms with Crippen molar-refractivity contribution in [2.24, 2.45) is 23.2 Å². The van der Waals surface area contributed by atoms with Crippen LogP contribution in [0.3, 0.4) is 0 Å². The van der Waals surface area contributed by atoms with E-state index in [2.05, 4.69) is 15.9 Å². The molecule has 0 saturated heterocycles. The minimum Gasteiger partial charge on any atom is -0.0922 e. The van der Waals surface area contributed by atoms with E-state index < -0.39 is 0 Å². The summed E-state index contributed by atoms with van der Waals surface area (Å²) in [6, 6.07) is 0. The number of hydrogen-bond donors (Lipinski definition) is 0. The SMILES string of the molecule is BrCC1(C2CC3CCC2C3)CC1. The molecule has 0 amide bonds. The summed E-state index contributed by atoms with van der Waals surface area (Å²) in [5, 5.41) is 1.29. The molecule has 0 aromatic carbocycles. The molecule has 3 saturated carbocycles. The van der Waals surface area contributed by atoms with Gasteiger partial charge in [-0.05, 0) is 55.3 Å². The van der Waals surface area contributed by atoms with Crippen LogP contribution in [0.4, 0.5) is 0 Å². The summed E-state index contributed by atoms with van der Waals surface area (Å²) in [4.78, 5) is 0. The zero-order valence-electron chi connectivity index (χ0n) is 7.56. The highest BCUT2D eigenvalue weighted by molar-refractivity contribution is 9.09. The van der Waals surface area contributed by atoms with Gasteiger partial charge >= 0.3 is 0 Å². The molecule has 3 atom stereocenters. The van der Waals surface area contributed by atoms with Gasteiger partial charge in [-0.25, -0.2) is 0 Å². The van der Waals surface area contributed by atoms with E-state index in [4.69, 9.17) is 0 Å². The largest absolute Gasteiger partial charge is 0.0922 e. The third-order valence-corrected chi connectivity index (χ3v) is 5.80. The van der Waals surface area contributed by atoms with Gasteiger partial charge in [0.15, 0.2) is 0 Å². The molecule has 12 heavy (non-hydrogen) atoms. The Hall–Kier alpha value is 0.480. The van der Waals surface area contributed by atoms with Crippen LogP contribution in [-0.2, 0) is 0 Å². The van der Waals surface area contributed by atoms with Crippen LogP contribution in [-0.4, -0.2) is 5.33 Å². The Morgan fingerprint density at radius 2 is 2.00 bits per heavy atom. The molecule has 0 aromatic rings. The quantitative estimate of drug-likeness (QED) is 0.634. The van der Waals surface area contributed by atoms with Gasteiger partial charge in [0.1, 0.15) is 0 Å². The van der Waals surface area contributed by atoms with E-state index in [1.54, 1.807) is 25.7 Å². The van der Waals surface area contributed by atoms with Crippen LogP contribution in [0.2, 0.25) is 0 Å². The van der Waals surface area contributed by atoms with Gasteiger partial charge < -0.3 is 0 Å². The van der Waals surface area contributed by atoms with Crippen LogP contribution in [0.1, 0.15) is 38.5 Å². The van der Waals surface area contributed by atoms with Crippen LogP contribution >= 0.6 is 15.9 Å². The number of fused-ring (bicyclic) bond motifs is 2. The molecule has 2 bridgehead atoms. The summed E-state index contributed by atoms with van der Waals surface area (Å²) in [5.74, 6) is 3.39. The molecular weight excluding hydrogens is 212 g/mol. The molecule has 0 heterocycles. The van der Waals surface area contributed by atoms with E-state index in [9.17, 15) is 0 Å². The lowest BCUT2D eigenvalue weighted by atomic mass is 9.78. The van der Waals surface area contributed by atoms with Gasteiger partial charge in [0.25, 0.3) is 0 Å². The minimum atomic E-state index is 0.792. The van der Waals surface area contributed by atoms with Gasteiger partial charge in [-0.2, -0.15) is 0 Å². The molecule has 0 aliphatic heterocycles. The molecule has 3 aliphatic carbocycles. The first-order valence-corrected chi connectivity index (χ1v) is 6.52. The average molecular weight is 229 g/mol. The van der Waals surface area contributed by atoms with Gasteiger partial charge in [0, 0.05) is 5.33 Å². The Balaban J connectivity index is 1.78. The zero-order valence-corrected chi connectivity index (χ0v) is 9.15. The summed E-state index contributed by atoms with van der Waals surface area (Å²) < 4.78 is 0. The van der Waals surface area contributed by atoms with Crippen LogP contribution in [0.15, 0.2) is 0 Å². The molecule has 3 unspecified atom stereocenters. The number of hydrogen-bond acceptors (Lipinski definition) is 0. The number of halogens is 1. The lowest BCUT2D eigenvalue weighted by Gasteiger charge is -2.29. The van der Waals surface area contributed by atoms with E-state index in [0.29, 0.717) is 0 Å². The summed E-state index contributed by atoms with van der Waals surface area (Å²) in [6.07, 6.45) is 9.32. The van der Waals surface area contributed by atoms with Crippen molar-refractivity contribution in [3.8, 4) is 0 Å². The second-order valence-electron chi connectivity index (χ2n) is 5.28. The fourth-order valence-electron chi connectivity index (χ4n) is 3.76. The van der Waals surface area contributed by atoms with Crippen molar-refractivity contribution in [3.63, 3.8) is 0 Å². The van der Waals surface area contributed by atoms with Crippen molar-refractivity contribution < 1.29 is 0 Å². The first kappa shape index (κ1) is 7.84. The summed E-state index contributed by atoms with van der Waals surface area (Å²) in [7, 11) is 0. The standard InChI is InChI=1S/C11H17Br/c12-7-11(3-4-11)10-6-8-1-2-9(10)5-8/h8-10H,1-7H2. The van der Waals surface area contributed by atoms with Crippen molar-refractivity contribution in [2.75, 3.05) is 5.33 Å². The summed E-state index contributed by atoms with van der Waals surface area (Å²) in [6.45, 7) is 0. The molecule has 1 heteroatoms. The van der Waals surface area contributed by atoms with Crippen molar-refractivity contribution in [1.82, 2.24) is 0 Å². The summed E-state index contributed by atoms with van der Waals surface area (Å²) >= 11 is 3.71. The first-order valence-electron chi connectivity index (χ1n) is 5.40. The fraction of sp³-hybridized carbons (Fsp3) is 1.00. The molecule has 0 radical (unpaired) electrons. The van der Waals surface area contributed by atoms with E-state index >= 15 is 0 Å². The van der Waals surface area contributed by atoms with Gasteiger partial charge in [-0.3, -0.25) is 0 Å². The molecule has 0 nitrogen and oxygen atoms in total. The molecule has 3 aliphatic rings. The van der Waals surface area contributed by atoms with Crippen LogP contribution < -0.4 is 0 Å². The predicted molar refractivity (Wildman–Crippen MR) is 54.4 cm³/mol. The van der Waals surface area contributed by atoms with Crippen molar-refractivity contribution in [1.29, 1.82) is 0 Å². The first-order chi connectivity index (χ1) is 5.84. The Labute approximate surface area is 83.2 Å². The van der Waals surface area contributed by atoms with Crippen molar-refractivity contribution >= 4 is 15.9 Å². The zero-order chi connectivity index (χ0) is 8.18. The lowest BCUT2D eigenvalue weighted by Crippen LogP contribution is -2.23. The van der Waals surface area contributed by atoms with E-state index in [1.807, 2.05) is 0 Å². The van der Waals surface area contributed by atoms with Gasteiger partial charge in [-0.1, -0.05) is 22.4 Å². The predicted octanol–water partition coefficient (Wildman–Crippen LogP) is 3.60. The second kappa shape index (κ2) is 2.50. The fourth-order valence-corrected chi connectivity index (χ4v) is 4.74. The molecular formula is C11H17Br. The maximum absolute atomic E-state index is 3.71. The van der Waals surface area contributed by atoms with Gasteiger partial charge in [0.2, 0.25) is 0 Å². The maximum atomic E-state index is 3.71. The molecule has 0 N–H and O–H groups in total. The lowest BCUT2D eigenvalue weighted by molar-refractivity contribution is 0.228. The molecule has 0 aromatic heterocycles. The number of alkyl halides is 1. The highest BCUT2D eigenvalue weighted by atomic mass is 79.9. The smallest absolute Gasteiger partial charge is 0.00907 e. The molecule has 3 fully saturated rings. The normalized spacial score (nSPS) is 48.2. The number of rotatable bonds is 2. The van der Waals surface area contributed by atoms with E-state index in [-0.39, 0.29) is 0 Å². The Kier molecular flexibility index (Phi) is 1.63. The average Bonchev–Trinajstić information content (AvgIpc) is 2.62. The highest BCUT2D eigenvalue weighted by Crippen LogP contribution is 2.64. The minimum absolute atomic E-state index is 0.792. The van der Waals surface area contributed by atoms with Crippen LogP contribution in [0.5, 0.6) is 0 Å². The third-order valence-electron chi connectivity index (χ3n) is 4.68. The third kappa shape index (κ3) is 0.950. The van der Waals surface area contributed by atoms with E-state index in [0.717, 1.165) is 23.2 Å². The monoisotopic (exact) mass is 228 g/mol. The molecule has 3 rings (SSSR count). The highest BCUT2D eigenvalue weighted by Gasteiger charge is 2.55. The summed E-state index contributed by atoms with van der Waals surface area (Å²) in [5.41, 5.74) is 0.792. The maximum Gasteiger partial charge on any atom is 0.00907 e.